The summed E-state index contributed by atoms with van der Waals surface area (Å²) in [6.07, 6.45) is 0. The number of benzene rings is 2. The van der Waals surface area contributed by atoms with E-state index in [0.29, 0.717) is 11.1 Å². The average molecular weight is 272 g/mol. The number of hydrogen-bond donors (Lipinski definition) is 4. The highest BCUT2D eigenvalue weighted by atomic mass is 16.3. The molecule has 0 spiro atoms. The third kappa shape index (κ3) is 3.00. The number of aromatic hydroxyl groups is 2. The number of carbonyl (C=O) groups is 1. The lowest BCUT2D eigenvalue weighted by Crippen LogP contribution is -2.12. The maximum Gasteiger partial charge on any atom is 0.248 e. The lowest BCUT2D eigenvalue weighted by molar-refractivity contribution is 0.100. The van der Waals surface area contributed by atoms with Crippen molar-refractivity contribution in [2.75, 3.05) is 5.32 Å². The molecular formula is C15H16N2O3. The molecule has 0 aliphatic carbocycles. The zero-order valence-corrected chi connectivity index (χ0v) is 11.0. The minimum atomic E-state index is -0.492. The van der Waals surface area contributed by atoms with Gasteiger partial charge in [-0.2, -0.15) is 0 Å². The van der Waals surface area contributed by atoms with Gasteiger partial charge in [0.05, 0.1) is 6.04 Å². The van der Waals surface area contributed by atoms with Gasteiger partial charge in [-0.15, -0.1) is 0 Å². The molecule has 1 atom stereocenters. The molecule has 5 N–H and O–H groups in total. The summed E-state index contributed by atoms with van der Waals surface area (Å²) in [7, 11) is 0. The number of amides is 1. The van der Waals surface area contributed by atoms with Crippen LogP contribution in [0.15, 0.2) is 42.5 Å². The molecule has 0 radical (unpaired) electrons. The molecule has 0 bridgehead atoms. The fourth-order valence-electron chi connectivity index (χ4n) is 1.99. The molecule has 20 heavy (non-hydrogen) atoms. The van der Waals surface area contributed by atoms with Crippen LogP contribution in [-0.4, -0.2) is 16.1 Å². The van der Waals surface area contributed by atoms with E-state index in [1.807, 2.05) is 6.92 Å². The Kier molecular flexibility index (Phi) is 3.79. The van der Waals surface area contributed by atoms with Crippen molar-refractivity contribution in [1.82, 2.24) is 0 Å². The second-order valence-electron chi connectivity index (χ2n) is 4.55. The second kappa shape index (κ2) is 5.52. The van der Waals surface area contributed by atoms with Gasteiger partial charge in [0.1, 0.15) is 11.5 Å². The predicted octanol–water partition coefficient (Wildman–Crippen LogP) is 2.37. The van der Waals surface area contributed by atoms with E-state index in [0.717, 1.165) is 5.69 Å². The summed E-state index contributed by atoms with van der Waals surface area (Å²) in [4.78, 5) is 11.1. The van der Waals surface area contributed by atoms with Gasteiger partial charge < -0.3 is 21.3 Å². The van der Waals surface area contributed by atoms with Crippen LogP contribution in [0.25, 0.3) is 0 Å². The summed E-state index contributed by atoms with van der Waals surface area (Å²) in [5.41, 5.74) is 7.01. The highest BCUT2D eigenvalue weighted by Gasteiger charge is 2.11. The first-order chi connectivity index (χ1) is 9.47. The topological polar surface area (TPSA) is 95.6 Å². The van der Waals surface area contributed by atoms with Gasteiger partial charge in [0.15, 0.2) is 0 Å². The molecule has 104 valence electrons. The van der Waals surface area contributed by atoms with Crippen molar-refractivity contribution >= 4 is 11.6 Å². The molecule has 2 aromatic rings. The van der Waals surface area contributed by atoms with Crippen molar-refractivity contribution in [3.8, 4) is 11.5 Å². The number of anilines is 1. The Balaban J connectivity index is 2.21. The molecule has 0 heterocycles. The number of nitrogens with one attached hydrogen (secondary N) is 1. The van der Waals surface area contributed by atoms with Crippen LogP contribution in [0.5, 0.6) is 11.5 Å². The molecule has 2 rings (SSSR count). The van der Waals surface area contributed by atoms with Gasteiger partial charge in [-0.1, -0.05) is 6.07 Å². The van der Waals surface area contributed by atoms with Crippen molar-refractivity contribution < 1.29 is 15.0 Å². The van der Waals surface area contributed by atoms with E-state index in [9.17, 15) is 15.0 Å². The van der Waals surface area contributed by atoms with Crippen LogP contribution in [0.2, 0.25) is 0 Å². The number of primary amides is 1. The molecule has 0 saturated carbocycles. The molecule has 5 heteroatoms. The third-order valence-electron chi connectivity index (χ3n) is 3.01. The zero-order chi connectivity index (χ0) is 14.7. The molecule has 1 amide bonds. The Hall–Kier alpha value is -2.69. The number of phenolic OH excluding ortho intramolecular Hbond substituents is 2. The standard InChI is InChI=1S/C15H16N2O3/c1-9(13-6-5-12(18)8-14(13)19)17-11-4-2-3-10(7-11)15(16)20/h2-9,17-19H,1H3,(H2,16,20). The Morgan fingerprint density at radius 3 is 2.60 bits per heavy atom. The summed E-state index contributed by atoms with van der Waals surface area (Å²) >= 11 is 0. The van der Waals surface area contributed by atoms with Crippen LogP contribution < -0.4 is 11.1 Å². The van der Waals surface area contributed by atoms with E-state index in [1.54, 1.807) is 30.3 Å². The molecule has 0 aliphatic rings. The van der Waals surface area contributed by atoms with Crippen LogP contribution >= 0.6 is 0 Å². The van der Waals surface area contributed by atoms with Gasteiger partial charge in [-0.25, -0.2) is 0 Å². The smallest absolute Gasteiger partial charge is 0.248 e. The number of rotatable bonds is 4. The monoisotopic (exact) mass is 272 g/mol. The molecule has 1 unspecified atom stereocenters. The molecule has 0 saturated heterocycles. The van der Waals surface area contributed by atoms with Gasteiger partial charge >= 0.3 is 0 Å². The van der Waals surface area contributed by atoms with Crippen LogP contribution in [0, 0.1) is 0 Å². The summed E-state index contributed by atoms with van der Waals surface area (Å²) in [6, 6.07) is 11.1. The molecule has 5 nitrogen and oxygen atoms in total. The van der Waals surface area contributed by atoms with Crippen molar-refractivity contribution in [2.24, 2.45) is 5.73 Å². The van der Waals surface area contributed by atoms with Gasteiger partial charge in [0, 0.05) is 22.9 Å². The summed E-state index contributed by atoms with van der Waals surface area (Å²) in [5.74, 6) is -0.473. The average Bonchev–Trinajstić information content (AvgIpc) is 2.38. The number of carbonyl (C=O) groups excluding carboxylic acids is 1. The van der Waals surface area contributed by atoms with Crippen LogP contribution in [-0.2, 0) is 0 Å². The van der Waals surface area contributed by atoms with Crippen molar-refractivity contribution in [1.29, 1.82) is 0 Å². The minimum Gasteiger partial charge on any atom is -0.508 e. The van der Waals surface area contributed by atoms with E-state index in [1.165, 1.54) is 12.1 Å². The summed E-state index contributed by atoms with van der Waals surface area (Å²) in [5, 5.41) is 22.2. The van der Waals surface area contributed by atoms with E-state index in [4.69, 9.17) is 5.73 Å². The number of phenols is 2. The molecule has 0 aliphatic heterocycles. The Morgan fingerprint density at radius 1 is 1.20 bits per heavy atom. The first-order valence-corrected chi connectivity index (χ1v) is 6.15. The number of hydrogen-bond acceptors (Lipinski definition) is 4. The Labute approximate surface area is 116 Å². The highest BCUT2D eigenvalue weighted by Crippen LogP contribution is 2.30. The molecular weight excluding hydrogens is 256 g/mol. The van der Waals surface area contributed by atoms with Gasteiger partial charge in [-0.3, -0.25) is 4.79 Å². The van der Waals surface area contributed by atoms with Crippen LogP contribution in [0.4, 0.5) is 5.69 Å². The largest absolute Gasteiger partial charge is 0.508 e. The zero-order valence-electron chi connectivity index (χ0n) is 11.0. The van der Waals surface area contributed by atoms with E-state index in [-0.39, 0.29) is 17.5 Å². The van der Waals surface area contributed by atoms with E-state index >= 15 is 0 Å². The molecule has 2 aromatic carbocycles. The van der Waals surface area contributed by atoms with Crippen LogP contribution in [0.1, 0.15) is 28.9 Å². The minimum absolute atomic E-state index is 0.00850. The lowest BCUT2D eigenvalue weighted by atomic mass is 10.1. The van der Waals surface area contributed by atoms with E-state index < -0.39 is 5.91 Å². The third-order valence-corrected chi connectivity index (χ3v) is 3.01. The Morgan fingerprint density at radius 2 is 1.95 bits per heavy atom. The van der Waals surface area contributed by atoms with Gasteiger partial charge in [-0.05, 0) is 37.3 Å². The first-order valence-electron chi connectivity index (χ1n) is 6.15. The SMILES string of the molecule is CC(Nc1cccc(C(N)=O)c1)c1ccc(O)cc1O. The van der Waals surface area contributed by atoms with Gasteiger partial charge in [0.2, 0.25) is 5.91 Å². The molecule has 0 aromatic heterocycles. The predicted molar refractivity (Wildman–Crippen MR) is 76.8 cm³/mol. The van der Waals surface area contributed by atoms with Crippen molar-refractivity contribution in [2.45, 2.75) is 13.0 Å². The van der Waals surface area contributed by atoms with Crippen LogP contribution in [0.3, 0.4) is 0 Å². The van der Waals surface area contributed by atoms with E-state index in [2.05, 4.69) is 5.32 Å². The maximum absolute atomic E-state index is 11.1. The lowest BCUT2D eigenvalue weighted by Gasteiger charge is -2.17. The maximum atomic E-state index is 11.1. The quantitative estimate of drug-likeness (QED) is 0.687. The highest BCUT2D eigenvalue weighted by molar-refractivity contribution is 5.93. The second-order valence-corrected chi connectivity index (χ2v) is 4.55. The summed E-state index contributed by atoms with van der Waals surface area (Å²) < 4.78 is 0. The van der Waals surface area contributed by atoms with Gasteiger partial charge in [0.25, 0.3) is 0 Å². The fourth-order valence-corrected chi connectivity index (χ4v) is 1.99. The fraction of sp³-hybridized carbons (Fsp3) is 0.133. The van der Waals surface area contributed by atoms with Crippen molar-refractivity contribution in [3.63, 3.8) is 0 Å². The number of nitrogens with two attached hydrogens (primary N) is 1. The normalized spacial score (nSPS) is 11.8. The van der Waals surface area contributed by atoms with Crippen molar-refractivity contribution in [3.05, 3.63) is 53.6 Å². The Bertz CT molecular complexity index is 641. The summed E-state index contributed by atoms with van der Waals surface area (Å²) in [6.45, 7) is 1.86. The first kappa shape index (κ1) is 13.7. The molecule has 0 fully saturated rings.